The molecule has 5 heteroatoms. The van der Waals surface area contributed by atoms with E-state index in [0.717, 1.165) is 6.08 Å². The first kappa shape index (κ1) is 10.8. The lowest BCUT2D eigenvalue weighted by Gasteiger charge is -2.14. The molecule has 0 fully saturated rings. The lowest BCUT2D eigenvalue weighted by Crippen LogP contribution is -2.34. The van der Waals surface area contributed by atoms with Crippen molar-refractivity contribution >= 4 is 12.3 Å². The van der Waals surface area contributed by atoms with E-state index in [4.69, 9.17) is 10.2 Å². The smallest absolute Gasteiger partial charge is 0.330 e. The summed E-state index contributed by atoms with van der Waals surface area (Å²) in [4.78, 5) is 20.7. The van der Waals surface area contributed by atoms with E-state index in [1.54, 1.807) is 0 Å². The second-order valence-electron chi connectivity index (χ2n) is 1.99. The Balaban J connectivity index is 4.07. The van der Waals surface area contributed by atoms with E-state index in [2.05, 4.69) is 11.3 Å². The molecule has 0 aliphatic rings. The summed E-state index contributed by atoms with van der Waals surface area (Å²) in [6, 6.07) is 0. The molecule has 0 aromatic carbocycles. The fourth-order valence-electron chi connectivity index (χ4n) is 0.483. The minimum absolute atomic E-state index is 0.238. The predicted octanol–water partition coefficient (Wildman–Crippen LogP) is -1.36. The highest BCUT2D eigenvalue weighted by atomic mass is 16.6. The normalized spacial score (nSPS) is 14.5. The van der Waals surface area contributed by atoms with E-state index in [1.165, 1.54) is 0 Å². The summed E-state index contributed by atoms with van der Waals surface area (Å²) in [5, 5.41) is 17.3. The molecule has 2 N–H and O–H groups in total. The van der Waals surface area contributed by atoms with Crippen molar-refractivity contribution in [2.75, 3.05) is 6.61 Å². The quantitative estimate of drug-likeness (QED) is 0.305. The predicted molar refractivity (Wildman–Crippen MR) is 39.2 cm³/mol. The highest BCUT2D eigenvalue weighted by molar-refractivity contribution is 5.82. The standard InChI is InChI=1S/C7H10O5/c1-2-7(11)12-6(4-9)5(10)3-8/h2,4-6,8,10H,1,3H2/t5-,6-/m1/s1. The molecule has 0 aliphatic heterocycles. The van der Waals surface area contributed by atoms with Gasteiger partial charge in [-0.2, -0.15) is 0 Å². The molecule has 0 rings (SSSR count). The summed E-state index contributed by atoms with van der Waals surface area (Å²) in [6.45, 7) is 2.45. The van der Waals surface area contributed by atoms with Gasteiger partial charge in [0.1, 0.15) is 6.10 Å². The first-order valence-electron chi connectivity index (χ1n) is 3.23. The van der Waals surface area contributed by atoms with Crippen LogP contribution < -0.4 is 0 Å². The molecule has 0 spiro atoms. The number of aldehydes is 1. The number of ether oxygens (including phenoxy) is 1. The van der Waals surface area contributed by atoms with Crippen molar-refractivity contribution in [3.8, 4) is 0 Å². The topological polar surface area (TPSA) is 83.8 Å². The first-order chi connectivity index (χ1) is 5.65. The number of hydrogen-bond donors (Lipinski definition) is 2. The van der Waals surface area contributed by atoms with Crippen molar-refractivity contribution < 1.29 is 24.5 Å². The zero-order valence-electron chi connectivity index (χ0n) is 6.34. The van der Waals surface area contributed by atoms with Gasteiger partial charge >= 0.3 is 5.97 Å². The molecule has 0 heterocycles. The van der Waals surface area contributed by atoms with Gasteiger partial charge < -0.3 is 14.9 Å². The Morgan fingerprint density at radius 1 is 1.67 bits per heavy atom. The highest BCUT2D eigenvalue weighted by Gasteiger charge is 2.20. The molecule has 5 nitrogen and oxygen atoms in total. The molecular formula is C7H10O5. The van der Waals surface area contributed by atoms with E-state index in [9.17, 15) is 9.59 Å². The summed E-state index contributed by atoms with van der Waals surface area (Å²) >= 11 is 0. The Kier molecular flexibility index (Phi) is 4.91. The van der Waals surface area contributed by atoms with Crippen molar-refractivity contribution in [2.45, 2.75) is 12.2 Å². The molecule has 0 saturated carbocycles. The van der Waals surface area contributed by atoms with Crippen molar-refractivity contribution in [3.63, 3.8) is 0 Å². The lowest BCUT2D eigenvalue weighted by atomic mass is 10.2. The lowest BCUT2D eigenvalue weighted by molar-refractivity contribution is -0.154. The van der Waals surface area contributed by atoms with Crippen LogP contribution in [0.4, 0.5) is 0 Å². The molecular weight excluding hydrogens is 164 g/mol. The molecule has 0 saturated heterocycles. The second-order valence-corrected chi connectivity index (χ2v) is 1.99. The largest absolute Gasteiger partial charge is 0.449 e. The third kappa shape index (κ3) is 3.27. The van der Waals surface area contributed by atoms with E-state index >= 15 is 0 Å². The van der Waals surface area contributed by atoms with Gasteiger partial charge in [0.15, 0.2) is 12.4 Å². The number of aliphatic hydroxyl groups is 2. The SMILES string of the molecule is C=CC(=O)O[C@H](C=O)[C@H](O)CO. The highest BCUT2D eigenvalue weighted by Crippen LogP contribution is 1.96. The molecule has 68 valence electrons. The summed E-state index contributed by atoms with van der Waals surface area (Å²) in [7, 11) is 0. The number of carbonyl (C=O) groups is 2. The van der Waals surface area contributed by atoms with Gasteiger partial charge in [-0.05, 0) is 0 Å². The summed E-state index contributed by atoms with van der Waals surface area (Å²) in [6.07, 6.45) is -1.62. The van der Waals surface area contributed by atoms with E-state index in [1.807, 2.05) is 0 Å². The maximum absolute atomic E-state index is 10.5. The first-order valence-corrected chi connectivity index (χ1v) is 3.23. The number of rotatable bonds is 5. The van der Waals surface area contributed by atoms with Crippen molar-refractivity contribution in [1.82, 2.24) is 0 Å². The Labute approximate surface area is 69.3 Å². The van der Waals surface area contributed by atoms with Crippen LogP contribution in [0, 0.1) is 0 Å². The van der Waals surface area contributed by atoms with Gasteiger partial charge in [0, 0.05) is 6.08 Å². The second kappa shape index (κ2) is 5.45. The molecule has 0 amide bonds. The van der Waals surface area contributed by atoms with Crippen LogP contribution in [0.15, 0.2) is 12.7 Å². The van der Waals surface area contributed by atoms with Crippen LogP contribution in [0.1, 0.15) is 0 Å². The van der Waals surface area contributed by atoms with Crippen LogP contribution in [-0.4, -0.2) is 41.3 Å². The van der Waals surface area contributed by atoms with Gasteiger partial charge in [0.05, 0.1) is 6.61 Å². The fraction of sp³-hybridized carbons (Fsp3) is 0.429. The van der Waals surface area contributed by atoms with E-state index in [0.29, 0.717) is 0 Å². The third-order valence-electron chi connectivity index (χ3n) is 1.12. The van der Waals surface area contributed by atoms with Gasteiger partial charge in [0.25, 0.3) is 0 Å². The van der Waals surface area contributed by atoms with Crippen LogP contribution in [0.5, 0.6) is 0 Å². The van der Waals surface area contributed by atoms with E-state index < -0.39 is 24.8 Å². The maximum Gasteiger partial charge on any atom is 0.330 e. The van der Waals surface area contributed by atoms with Gasteiger partial charge in [-0.25, -0.2) is 4.79 Å². The number of hydrogen-bond acceptors (Lipinski definition) is 5. The molecule has 12 heavy (non-hydrogen) atoms. The molecule has 0 bridgehead atoms. The minimum Gasteiger partial charge on any atom is -0.449 e. The number of aliphatic hydroxyl groups excluding tert-OH is 2. The van der Waals surface area contributed by atoms with Crippen LogP contribution in [0.2, 0.25) is 0 Å². The molecule has 0 unspecified atom stereocenters. The van der Waals surface area contributed by atoms with Crippen molar-refractivity contribution in [1.29, 1.82) is 0 Å². The number of carbonyl (C=O) groups excluding carboxylic acids is 2. The molecule has 0 aromatic rings. The minimum atomic E-state index is -1.38. The van der Waals surface area contributed by atoms with E-state index in [-0.39, 0.29) is 6.29 Å². The van der Waals surface area contributed by atoms with Gasteiger partial charge in [0.2, 0.25) is 0 Å². The number of esters is 1. The average molecular weight is 174 g/mol. The van der Waals surface area contributed by atoms with Crippen molar-refractivity contribution in [3.05, 3.63) is 12.7 Å². The zero-order valence-corrected chi connectivity index (χ0v) is 6.34. The van der Waals surface area contributed by atoms with Crippen LogP contribution in [0.25, 0.3) is 0 Å². The Morgan fingerprint density at radius 2 is 2.25 bits per heavy atom. The van der Waals surface area contributed by atoms with Gasteiger partial charge in [-0.3, -0.25) is 4.79 Å². The van der Waals surface area contributed by atoms with Gasteiger partial charge in [-0.15, -0.1) is 0 Å². The third-order valence-corrected chi connectivity index (χ3v) is 1.12. The monoisotopic (exact) mass is 174 g/mol. The van der Waals surface area contributed by atoms with Crippen molar-refractivity contribution in [2.24, 2.45) is 0 Å². The Hall–Kier alpha value is -1.20. The summed E-state index contributed by atoms with van der Waals surface area (Å²) in [5.41, 5.74) is 0. The average Bonchev–Trinajstić information content (AvgIpc) is 2.12. The molecule has 0 aromatic heterocycles. The van der Waals surface area contributed by atoms with Gasteiger partial charge in [-0.1, -0.05) is 6.58 Å². The fourth-order valence-corrected chi connectivity index (χ4v) is 0.483. The maximum atomic E-state index is 10.5. The summed E-state index contributed by atoms with van der Waals surface area (Å²) in [5.74, 6) is -0.820. The van der Waals surface area contributed by atoms with Crippen LogP contribution in [0.3, 0.4) is 0 Å². The Bertz CT molecular complexity index is 177. The molecule has 2 atom stereocenters. The Morgan fingerprint density at radius 3 is 2.58 bits per heavy atom. The zero-order chi connectivity index (χ0) is 9.56. The molecule has 0 aliphatic carbocycles. The van der Waals surface area contributed by atoms with Crippen LogP contribution >= 0.6 is 0 Å². The molecule has 0 radical (unpaired) electrons. The summed E-state index contributed by atoms with van der Waals surface area (Å²) < 4.78 is 4.37. The van der Waals surface area contributed by atoms with Crippen LogP contribution in [-0.2, 0) is 14.3 Å².